The second kappa shape index (κ2) is 7.07. The molecule has 0 saturated carbocycles. The summed E-state index contributed by atoms with van der Waals surface area (Å²) in [4.78, 5) is 24.5. The summed E-state index contributed by atoms with van der Waals surface area (Å²) in [5.41, 5.74) is 2.28. The van der Waals surface area contributed by atoms with E-state index in [0.717, 1.165) is 30.6 Å². The van der Waals surface area contributed by atoms with Crippen LogP contribution in [0.25, 0.3) is 0 Å². The average molecular weight is 328 g/mol. The van der Waals surface area contributed by atoms with Crippen molar-refractivity contribution in [2.45, 2.75) is 12.8 Å². The van der Waals surface area contributed by atoms with Crippen molar-refractivity contribution in [3.63, 3.8) is 0 Å². The lowest BCUT2D eigenvalue weighted by Gasteiger charge is -2.08. The summed E-state index contributed by atoms with van der Waals surface area (Å²) < 4.78 is 0. The van der Waals surface area contributed by atoms with E-state index in [2.05, 4.69) is 5.32 Å². The van der Waals surface area contributed by atoms with E-state index in [-0.39, 0.29) is 17.5 Å². The van der Waals surface area contributed by atoms with Crippen molar-refractivity contribution >= 4 is 23.2 Å². The van der Waals surface area contributed by atoms with Crippen LogP contribution in [-0.4, -0.2) is 24.7 Å². The van der Waals surface area contributed by atoms with Crippen LogP contribution >= 0.6 is 11.6 Å². The Morgan fingerprint density at radius 1 is 1.00 bits per heavy atom. The highest BCUT2D eigenvalue weighted by Crippen LogP contribution is 2.17. The van der Waals surface area contributed by atoms with E-state index in [0.29, 0.717) is 17.0 Å². The maximum Gasteiger partial charge on any atom is 0.167 e. The van der Waals surface area contributed by atoms with Gasteiger partial charge in [-0.3, -0.25) is 9.59 Å². The van der Waals surface area contributed by atoms with Crippen molar-refractivity contribution < 1.29 is 9.59 Å². The Balaban J connectivity index is 1.66. The average Bonchev–Trinajstić information content (AvgIpc) is 3.10. The van der Waals surface area contributed by atoms with E-state index in [1.807, 2.05) is 24.3 Å². The van der Waals surface area contributed by atoms with Gasteiger partial charge in [0.15, 0.2) is 11.6 Å². The summed E-state index contributed by atoms with van der Waals surface area (Å²) >= 11 is 5.83. The minimum Gasteiger partial charge on any atom is -0.316 e. The van der Waals surface area contributed by atoms with Crippen LogP contribution < -0.4 is 5.32 Å². The molecule has 2 aromatic carbocycles. The smallest absolute Gasteiger partial charge is 0.167 e. The summed E-state index contributed by atoms with van der Waals surface area (Å²) in [7, 11) is 0. The number of nitrogens with one attached hydrogen (secondary N) is 1. The van der Waals surface area contributed by atoms with Gasteiger partial charge in [0.1, 0.15) is 0 Å². The lowest BCUT2D eigenvalue weighted by Crippen LogP contribution is -2.17. The van der Waals surface area contributed by atoms with Gasteiger partial charge in [0.2, 0.25) is 0 Å². The molecule has 1 aliphatic rings. The fourth-order valence-electron chi connectivity index (χ4n) is 2.82. The molecule has 23 heavy (non-hydrogen) atoms. The van der Waals surface area contributed by atoms with Gasteiger partial charge in [0.05, 0.1) is 0 Å². The fourth-order valence-corrected chi connectivity index (χ4v) is 2.95. The van der Waals surface area contributed by atoms with Gasteiger partial charge in [0, 0.05) is 35.0 Å². The van der Waals surface area contributed by atoms with Crippen molar-refractivity contribution in [1.82, 2.24) is 5.32 Å². The van der Waals surface area contributed by atoms with Crippen LogP contribution in [0.15, 0.2) is 48.5 Å². The molecule has 1 saturated heterocycles. The minimum absolute atomic E-state index is 0.0423. The zero-order chi connectivity index (χ0) is 16.2. The second-order valence-electron chi connectivity index (χ2n) is 5.86. The predicted octanol–water partition coefficient (Wildman–Crippen LogP) is 3.56. The normalized spacial score (nSPS) is 17.2. The quantitative estimate of drug-likeness (QED) is 0.854. The summed E-state index contributed by atoms with van der Waals surface area (Å²) in [6, 6.07) is 14.3. The van der Waals surface area contributed by atoms with Crippen LogP contribution in [0.4, 0.5) is 0 Å². The first-order chi connectivity index (χ1) is 11.1. The molecule has 0 aromatic heterocycles. The monoisotopic (exact) mass is 327 g/mol. The van der Waals surface area contributed by atoms with Gasteiger partial charge in [0.25, 0.3) is 0 Å². The van der Waals surface area contributed by atoms with Crippen molar-refractivity contribution in [2.75, 3.05) is 13.1 Å². The molecule has 1 atom stereocenters. The van der Waals surface area contributed by atoms with Crippen LogP contribution in [0.5, 0.6) is 0 Å². The van der Waals surface area contributed by atoms with E-state index < -0.39 is 0 Å². The number of benzene rings is 2. The van der Waals surface area contributed by atoms with Crippen molar-refractivity contribution in [3.8, 4) is 0 Å². The Hall–Kier alpha value is -1.97. The molecule has 0 aliphatic carbocycles. The molecule has 4 heteroatoms. The van der Waals surface area contributed by atoms with E-state index in [9.17, 15) is 9.59 Å². The number of ketones is 2. The van der Waals surface area contributed by atoms with Gasteiger partial charge in [-0.25, -0.2) is 0 Å². The molecule has 118 valence electrons. The summed E-state index contributed by atoms with van der Waals surface area (Å²) in [6.07, 6.45) is 1.22. The maximum absolute atomic E-state index is 12.3. The Bertz CT molecular complexity index is 701. The Labute approximate surface area is 140 Å². The van der Waals surface area contributed by atoms with Gasteiger partial charge >= 0.3 is 0 Å². The van der Waals surface area contributed by atoms with Gasteiger partial charge in [-0.15, -0.1) is 0 Å². The molecule has 0 bridgehead atoms. The van der Waals surface area contributed by atoms with Gasteiger partial charge in [-0.1, -0.05) is 35.9 Å². The Kier molecular flexibility index (Phi) is 4.89. The fraction of sp³-hybridized carbons (Fsp3) is 0.263. The zero-order valence-electron chi connectivity index (χ0n) is 12.7. The minimum atomic E-state index is 0.0423. The van der Waals surface area contributed by atoms with Crippen LogP contribution in [0, 0.1) is 5.92 Å². The Morgan fingerprint density at radius 3 is 2.26 bits per heavy atom. The molecule has 0 radical (unpaired) electrons. The largest absolute Gasteiger partial charge is 0.316 e. The number of hydrogen-bond donors (Lipinski definition) is 1. The van der Waals surface area contributed by atoms with Gasteiger partial charge in [-0.05, 0) is 42.8 Å². The molecule has 1 fully saturated rings. The Morgan fingerprint density at radius 2 is 1.65 bits per heavy atom. The molecule has 0 spiro atoms. The van der Waals surface area contributed by atoms with Crippen molar-refractivity contribution in [2.24, 2.45) is 5.92 Å². The standard InChI is InChI=1S/C19H18ClNO2/c20-17-7-5-14(6-8-17)18(22)11-13-1-3-15(4-2-13)19(23)16-9-10-21-12-16/h1-8,16,21H,9-12H2. The zero-order valence-corrected chi connectivity index (χ0v) is 13.5. The summed E-state index contributed by atoms with van der Waals surface area (Å²) in [6.45, 7) is 1.67. The van der Waals surface area contributed by atoms with E-state index in [1.54, 1.807) is 24.3 Å². The third kappa shape index (κ3) is 3.87. The SMILES string of the molecule is O=C(Cc1ccc(C(=O)C2CCNC2)cc1)c1ccc(Cl)cc1. The number of carbonyl (C=O) groups excluding carboxylic acids is 2. The third-order valence-electron chi connectivity index (χ3n) is 4.20. The summed E-state index contributed by atoms with van der Waals surface area (Å²) in [5, 5.41) is 3.82. The second-order valence-corrected chi connectivity index (χ2v) is 6.29. The van der Waals surface area contributed by atoms with Crippen molar-refractivity contribution in [1.29, 1.82) is 0 Å². The first-order valence-corrected chi connectivity index (χ1v) is 8.14. The topological polar surface area (TPSA) is 46.2 Å². The van der Waals surface area contributed by atoms with Crippen LogP contribution in [0.3, 0.4) is 0 Å². The molecular weight excluding hydrogens is 310 g/mol. The predicted molar refractivity (Wildman–Crippen MR) is 91.2 cm³/mol. The van der Waals surface area contributed by atoms with Gasteiger partial charge < -0.3 is 5.32 Å². The first-order valence-electron chi connectivity index (χ1n) is 7.76. The van der Waals surface area contributed by atoms with Crippen LogP contribution in [-0.2, 0) is 6.42 Å². The number of halogens is 1. The number of carbonyl (C=O) groups is 2. The van der Waals surface area contributed by atoms with Crippen LogP contribution in [0.2, 0.25) is 5.02 Å². The first kappa shape index (κ1) is 15.9. The lowest BCUT2D eigenvalue weighted by molar-refractivity contribution is 0.0930. The molecule has 1 unspecified atom stereocenters. The molecule has 1 aliphatic heterocycles. The summed E-state index contributed by atoms with van der Waals surface area (Å²) in [5.74, 6) is 0.308. The molecule has 0 amide bonds. The molecule has 3 nitrogen and oxygen atoms in total. The van der Waals surface area contributed by atoms with E-state index in [4.69, 9.17) is 11.6 Å². The van der Waals surface area contributed by atoms with Crippen molar-refractivity contribution in [3.05, 3.63) is 70.2 Å². The number of rotatable bonds is 5. The maximum atomic E-state index is 12.3. The lowest BCUT2D eigenvalue weighted by atomic mass is 9.95. The highest BCUT2D eigenvalue weighted by molar-refractivity contribution is 6.30. The molecular formula is C19H18ClNO2. The molecule has 1 heterocycles. The molecule has 1 N–H and O–H groups in total. The van der Waals surface area contributed by atoms with E-state index in [1.165, 1.54) is 0 Å². The van der Waals surface area contributed by atoms with Gasteiger partial charge in [-0.2, -0.15) is 0 Å². The molecule has 2 aromatic rings. The van der Waals surface area contributed by atoms with Crippen LogP contribution in [0.1, 0.15) is 32.7 Å². The number of Topliss-reactive ketones (excluding diaryl/α,β-unsaturated/α-hetero) is 2. The molecule has 3 rings (SSSR count). The third-order valence-corrected chi connectivity index (χ3v) is 4.45. The number of hydrogen-bond acceptors (Lipinski definition) is 3. The highest BCUT2D eigenvalue weighted by Gasteiger charge is 2.23. The van der Waals surface area contributed by atoms with E-state index >= 15 is 0 Å². The highest BCUT2D eigenvalue weighted by atomic mass is 35.5.